The van der Waals surface area contributed by atoms with Gasteiger partial charge in [0.25, 0.3) is 5.92 Å². The lowest BCUT2D eigenvalue weighted by Crippen LogP contribution is -2.36. The molecule has 6 N–H and O–H groups in total. The summed E-state index contributed by atoms with van der Waals surface area (Å²) in [5, 5.41) is 15.0. The Bertz CT molecular complexity index is 1440. The van der Waals surface area contributed by atoms with Gasteiger partial charge < -0.3 is 41.5 Å². The Hall–Kier alpha value is -4.29. The van der Waals surface area contributed by atoms with Crippen LogP contribution in [-0.4, -0.2) is 131 Å². The van der Waals surface area contributed by atoms with Crippen molar-refractivity contribution in [2.24, 2.45) is 47.3 Å². The van der Waals surface area contributed by atoms with Crippen LogP contribution in [0.3, 0.4) is 0 Å². The van der Waals surface area contributed by atoms with Crippen molar-refractivity contribution in [1.29, 1.82) is 0 Å². The Labute approximate surface area is 419 Å². The van der Waals surface area contributed by atoms with E-state index in [0.29, 0.717) is 19.2 Å². The average molecular weight is 1000 g/mol. The average Bonchev–Trinajstić information content (AvgIpc) is 4.05. The minimum atomic E-state index is -2.81. The van der Waals surface area contributed by atoms with Crippen LogP contribution in [-0.2, 0) is 43.1 Å². The first-order valence-corrected chi connectivity index (χ1v) is 23.8. The van der Waals surface area contributed by atoms with Gasteiger partial charge in [0.2, 0.25) is 41.4 Å². The van der Waals surface area contributed by atoms with Crippen LogP contribution in [0.1, 0.15) is 154 Å². The van der Waals surface area contributed by atoms with Gasteiger partial charge in [0.15, 0.2) is 0 Å². The zero-order chi connectivity index (χ0) is 58.2. The van der Waals surface area contributed by atoms with Gasteiger partial charge in [-0.1, -0.05) is 111 Å². The van der Waals surface area contributed by atoms with Crippen LogP contribution in [0, 0.1) is 47.3 Å². The largest absolute Gasteiger partial charge is 0.383 e. The van der Waals surface area contributed by atoms with Crippen LogP contribution in [0.15, 0.2) is 0 Å². The van der Waals surface area contributed by atoms with Crippen molar-refractivity contribution in [1.82, 2.24) is 36.8 Å². The normalized spacial score (nSPS) is 12.2. The summed E-state index contributed by atoms with van der Waals surface area (Å²) in [6, 6.07) is 0.514. The molecule has 69 heavy (non-hydrogen) atoms. The van der Waals surface area contributed by atoms with Crippen molar-refractivity contribution in [3.63, 3.8) is 0 Å². The minimum Gasteiger partial charge on any atom is -0.383 e. The second-order valence-electron chi connectivity index (χ2n) is 18.8. The predicted molar refractivity (Wildman–Crippen MR) is 274 cm³/mol. The number of halogens is 3. The molecule has 1 atom stereocenters. The number of alkyl halides is 3. The van der Waals surface area contributed by atoms with E-state index in [0.717, 1.165) is 6.92 Å². The number of amides is 7. The van der Waals surface area contributed by atoms with Gasteiger partial charge in [0.1, 0.15) is 12.0 Å². The number of Topliss-reactive ketones (excluding diaryl/α,β-unsaturated/α-hetero) is 1. The van der Waals surface area contributed by atoms with E-state index in [1.807, 2.05) is 69.2 Å². The Kier molecular flexibility index (Phi) is 50.6. The molecule has 0 heterocycles. The van der Waals surface area contributed by atoms with E-state index in [2.05, 4.69) is 31.9 Å². The molecule has 0 aromatic heterocycles. The van der Waals surface area contributed by atoms with Crippen molar-refractivity contribution < 1.29 is 59.0 Å². The van der Waals surface area contributed by atoms with Crippen molar-refractivity contribution in [3.05, 3.63) is 0 Å². The van der Waals surface area contributed by atoms with Gasteiger partial charge >= 0.3 is 0 Å². The molecule has 1 aliphatic carbocycles. The monoisotopic (exact) mass is 1000 g/mol. The van der Waals surface area contributed by atoms with Gasteiger partial charge in [-0.2, -0.15) is 0 Å². The maximum Gasteiger partial charge on any atom is 0.262 e. The fraction of sp³-hybridized carbons (Fsp3) is 0.840. The summed E-state index contributed by atoms with van der Waals surface area (Å²) in [6.45, 7) is 33.4. The fourth-order valence-electron chi connectivity index (χ4n) is 3.04. The zero-order valence-corrected chi connectivity index (χ0v) is 47.3. The van der Waals surface area contributed by atoms with Crippen molar-refractivity contribution >= 4 is 47.1 Å². The Morgan fingerprint density at radius 2 is 0.957 bits per heavy atom. The summed E-state index contributed by atoms with van der Waals surface area (Å²) in [4.78, 5) is 87.0. The van der Waals surface area contributed by atoms with Crippen molar-refractivity contribution in [2.45, 2.75) is 169 Å². The van der Waals surface area contributed by atoms with Gasteiger partial charge in [-0.25, -0.2) is 13.2 Å². The van der Waals surface area contributed by atoms with E-state index in [1.54, 1.807) is 81.6 Å². The first-order valence-electron chi connectivity index (χ1n) is 24.8. The molecular weight excluding hydrogens is 900 g/mol. The maximum absolute atomic E-state index is 12.1. The zero-order valence-electron chi connectivity index (χ0n) is 49.3. The number of rotatable bonds is 17. The molecule has 1 rings (SSSR count). The number of carbonyl (C=O) groups excluding carboxylic acids is 8. The number of carbonyl (C=O) groups is 8. The summed E-state index contributed by atoms with van der Waals surface area (Å²) >= 11 is 0. The summed E-state index contributed by atoms with van der Waals surface area (Å²) < 4.78 is 55.1. The second kappa shape index (κ2) is 47.4. The summed E-state index contributed by atoms with van der Waals surface area (Å²) in [6.07, 6.45) is 1.40. The molecule has 0 saturated heterocycles. The molecule has 1 saturated carbocycles. The second-order valence-corrected chi connectivity index (χ2v) is 18.8. The molecule has 1 aliphatic rings. The number of ketones is 1. The lowest BCUT2D eigenvalue weighted by Gasteiger charge is -2.12. The number of nitrogens with zero attached hydrogens (tertiary/aromatic N) is 1. The lowest BCUT2D eigenvalue weighted by molar-refractivity contribution is -0.132. The molecule has 0 radical (unpaired) electrons. The first-order chi connectivity index (χ1) is 31.9. The highest BCUT2D eigenvalue weighted by atomic mass is 19.3. The van der Waals surface area contributed by atoms with Crippen molar-refractivity contribution in [2.75, 3.05) is 61.0 Å². The third-order valence-corrected chi connectivity index (χ3v) is 8.05. The number of hydrogen-bond acceptors (Lipinski definition) is 9. The molecule has 0 aromatic carbocycles. The molecule has 1 fully saturated rings. The Morgan fingerprint density at radius 3 is 1.16 bits per heavy atom. The van der Waals surface area contributed by atoms with Gasteiger partial charge in [0, 0.05) is 111 Å². The number of methoxy groups -OCH3 is 1. The highest BCUT2D eigenvalue weighted by Crippen LogP contribution is 2.19. The van der Waals surface area contributed by atoms with Crippen LogP contribution in [0.5, 0.6) is 0 Å². The highest BCUT2D eigenvalue weighted by Gasteiger charge is 2.24. The van der Waals surface area contributed by atoms with Gasteiger partial charge in [-0.15, -0.1) is 0 Å². The topological polar surface area (TPSA) is 221 Å². The van der Waals surface area contributed by atoms with Crippen LogP contribution in [0.4, 0.5) is 13.2 Å². The SMILES string of the molecule is CC(=O)C(C)C.CC(C)C(=O)N(C)C.CC(C)C(=O)NC1CC1.CC(C)C(=O)NCC(C)(F)F.CC(F)CNC(=O)C(C)C.CNC(=O)C(C)C.COCCNC(=O)C(C)C.[2H]C([2H])(C)NC(=O)C(C)C. The molecule has 0 aliphatic heterocycles. The third-order valence-electron chi connectivity index (χ3n) is 8.05. The van der Waals surface area contributed by atoms with E-state index in [4.69, 9.17) is 7.48 Å². The van der Waals surface area contributed by atoms with E-state index in [9.17, 15) is 51.5 Å². The molecular formula is C50H102F3N7O9. The molecule has 412 valence electrons. The fourth-order valence-corrected chi connectivity index (χ4v) is 3.04. The van der Waals surface area contributed by atoms with Crippen LogP contribution < -0.4 is 31.9 Å². The first kappa shape index (κ1) is 73.7. The van der Waals surface area contributed by atoms with Crippen LogP contribution in [0.2, 0.25) is 0 Å². The molecule has 0 spiro atoms. The van der Waals surface area contributed by atoms with Gasteiger partial charge in [-0.3, -0.25) is 38.4 Å². The van der Waals surface area contributed by atoms with Crippen LogP contribution in [0.25, 0.3) is 0 Å². The highest BCUT2D eigenvalue weighted by molar-refractivity contribution is 5.80. The third kappa shape index (κ3) is 68.0. The molecule has 16 nitrogen and oxygen atoms in total. The van der Waals surface area contributed by atoms with E-state index in [-0.39, 0.29) is 101 Å². The molecule has 0 aromatic rings. The quantitative estimate of drug-likeness (QED) is 0.0827. The maximum atomic E-state index is 12.1. The summed E-state index contributed by atoms with van der Waals surface area (Å²) in [5.74, 6) is -2.48. The summed E-state index contributed by atoms with van der Waals surface area (Å²) in [5.41, 5.74) is 0. The van der Waals surface area contributed by atoms with Crippen LogP contribution >= 0.6 is 0 Å². The standard InChI is InChI=1S/C7H13F2NO.C7H14FNO.C7H15NO2.C7H13NO.2C6H13NO.C5H11NO.C5H10O/c1-5(2)6(11)10-4-7(3,8)9;1-5(2)7(10)9-4-6(3)8;1-6(2)7(9)8-4-5-10-3;1-5(2)7(9)8-6-3-4-6;1-5(2)6(8)7(3)4;1-4-7-6(8)5(2)3;1-4(2)5(7)6-3;1-4(2)5(3)6/h5H,4H2,1-3H3,(H,10,11);5-6H,4H2,1-3H3,(H,9,10);6H,4-5H2,1-3H3,(H,8,9);5-6H,3-4H2,1-2H3,(H,8,9);5H,1-4H3;5H,4H2,1-3H3,(H,7,8);4H,1-3H3,(H,6,7);4H,1-3H3/i;;;;;4D2;;. The molecule has 7 amide bonds. The number of nitrogens with one attached hydrogen (secondary N) is 6. The minimum absolute atomic E-state index is 0.0567. The Morgan fingerprint density at radius 1 is 0.609 bits per heavy atom. The Balaban J connectivity index is -0.000000133. The smallest absolute Gasteiger partial charge is 0.262 e. The predicted octanol–water partition coefficient (Wildman–Crippen LogP) is 6.99. The van der Waals surface area contributed by atoms with Gasteiger partial charge in [-0.05, 0) is 33.6 Å². The molecule has 19 heteroatoms. The van der Waals surface area contributed by atoms with E-state index in [1.165, 1.54) is 26.7 Å². The summed E-state index contributed by atoms with van der Waals surface area (Å²) in [7, 11) is 6.79. The molecule has 1 unspecified atom stereocenters. The van der Waals surface area contributed by atoms with E-state index < -0.39 is 25.1 Å². The lowest BCUT2D eigenvalue weighted by atomic mass is 10.1. The van der Waals surface area contributed by atoms with Crippen molar-refractivity contribution in [3.8, 4) is 0 Å². The molecule has 0 bridgehead atoms. The van der Waals surface area contributed by atoms with E-state index >= 15 is 0 Å². The van der Waals surface area contributed by atoms with Gasteiger partial charge in [0.05, 0.1) is 13.2 Å². The number of ether oxygens (including phenoxy) is 1. The number of hydrogen-bond donors (Lipinski definition) is 6.